The number of aromatic nitrogens is 1. The standard InChI is InChI=1S/C17H23N3/c1-16(18)7-9-17(10-8-16)15-13(6-11-19-17)12-4-2-3-5-14(12)20-15/h2-5,19-20H,6-11,18H2,1H3. The molecule has 0 radical (unpaired) electrons. The van der Waals surface area contributed by atoms with Crippen LogP contribution in [-0.4, -0.2) is 17.1 Å². The molecule has 1 saturated carbocycles. The third-order valence-corrected chi connectivity index (χ3v) is 5.38. The second kappa shape index (κ2) is 4.09. The summed E-state index contributed by atoms with van der Waals surface area (Å²) in [7, 11) is 0. The van der Waals surface area contributed by atoms with Crippen LogP contribution in [0.3, 0.4) is 0 Å². The van der Waals surface area contributed by atoms with E-state index in [9.17, 15) is 0 Å². The van der Waals surface area contributed by atoms with Gasteiger partial charge in [0.2, 0.25) is 0 Å². The van der Waals surface area contributed by atoms with Crippen LogP contribution in [0.25, 0.3) is 10.9 Å². The number of rotatable bonds is 0. The van der Waals surface area contributed by atoms with Crippen LogP contribution in [0.1, 0.15) is 43.9 Å². The number of hydrogen-bond acceptors (Lipinski definition) is 2. The summed E-state index contributed by atoms with van der Waals surface area (Å²) in [6, 6.07) is 8.70. The third-order valence-electron chi connectivity index (χ3n) is 5.38. The number of hydrogen-bond donors (Lipinski definition) is 3. The smallest absolute Gasteiger partial charge is 0.0591 e. The average Bonchev–Trinajstić information content (AvgIpc) is 2.83. The van der Waals surface area contributed by atoms with Gasteiger partial charge in [0.15, 0.2) is 0 Å². The van der Waals surface area contributed by atoms with Crippen LogP contribution in [0.15, 0.2) is 24.3 Å². The minimum absolute atomic E-state index is 0.0105. The second-order valence-corrected chi connectivity index (χ2v) is 6.94. The van der Waals surface area contributed by atoms with Crippen molar-refractivity contribution in [3.05, 3.63) is 35.5 Å². The molecule has 0 bridgehead atoms. The van der Waals surface area contributed by atoms with Gasteiger partial charge in [0.25, 0.3) is 0 Å². The Hall–Kier alpha value is -1.32. The van der Waals surface area contributed by atoms with Crippen molar-refractivity contribution in [2.24, 2.45) is 5.73 Å². The largest absolute Gasteiger partial charge is 0.357 e. The number of nitrogens with two attached hydrogens (primary N) is 1. The van der Waals surface area contributed by atoms with E-state index in [0.717, 1.165) is 38.6 Å². The van der Waals surface area contributed by atoms with E-state index in [1.165, 1.54) is 22.2 Å². The molecule has 1 spiro atoms. The number of para-hydroxylation sites is 1. The van der Waals surface area contributed by atoms with Crippen molar-refractivity contribution in [2.45, 2.75) is 50.1 Å². The fourth-order valence-electron chi connectivity index (χ4n) is 4.06. The van der Waals surface area contributed by atoms with Gasteiger partial charge in [-0.3, -0.25) is 0 Å². The van der Waals surface area contributed by atoms with E-state index in [-0.39, 0.29) is 11.1 Å². The van der Waals surface area contributed by atoms with Crippen LogP contribution in [-0.2, 0) is 12.0 Å². The maximum Gasteiger partial charge on any atom is 0.0591 e. The summed E-state index contributed by atoms with van der Waals surface area (Å²) < 4.78 is 0. The molecule has 1 aromatic carbocycles. The molecule has 0 atom stereocenters. The summed E-state index contributed by atoms with van der Waals surface area (Å²) >= 11 is 0. The van der Waals surface area contributed by atoms with Crippen LogP contribution in [0.2, 0.25) is 0 Å². The highest BCUT2D eigenvalue weighted by Crippen LogP contribution is 2.44. The van der Waals surface area contributed by atoms with Crippen molar-refractivity contribution in [1.82, 2.24) is 10.3 Å². The molecule has 0 saturated heterocycles. The normalized spacial score (nSPS) is 33.5. The van der Waals surface area contributed by atoms with Crippen LogP contribution >= 0.6 is 0 Å². The minimum Gasteiger partial charge on any atom is -0.357 e. The highest BCUT2D eigenvalue weighted by molar-refractivity contribution is 5.85. The zero-order valence-electron chi connectivity index (χ0n) is 12.1. The monoisotopic (exact) mass is 269 g/mol. The highest BCUT2D eigenvalue weighted by atomic mass is 15.0. The van der Waals surface area contributed by atoms with Crippen LogP contribution in [0.5, 0.6) is 0 Å². The molecular weight excluding hydrogens is 246 g/mol. The van der Waals surface area contributed by atoms with E-state index in [0.29, 0.717) is 0 Å². The van der Waals surface area contributed by atoms with Crippen molar-refractivity contribution in [3.8, 4) is 0 Å². The lowest BCUT2D eigenvalue weighted by Gasteiger charge is -2.46. The Bertz CT molecular complexity index is 643. The second-order valence-electron chi connectivity index (χ2n) is 6.94. The summed E-state index contributed by atoms with van der Waals surface area (Å²) in [5.74, 6) is 0. The van der Waals surface area contributed by atoms with Gasteiger partial charge >= 0.3 is 0 Å². The van der Waals surface area contributed by atoms with Crippen molar-refractivity contribution >= 4 is 10.9 Å². The van der Waals surface area contributed by atoms with E-state index in [1.54, 1.807) is 0 Å². The van der Waals surface area contributed by atoms with Crippen molar-refractivity contribution in [1.29, 1.82) is 0 Å². The summed E-state index contributed by atoms with van der Waals surface area (Å²) in [6.07, 6.45) is 5.59. The maximum absolute atomic E-state index is 6.32. The predicted octanol–water partition coefficient (Wildman–Crippen LogP) is 2.80. The van der Waals surface area contributed by atoms with Gasteiger partial charge < -0.3 is 16.0 Å². The molecule has 4 N–H and O–H groups in total. The van der Waals surface area contributed by atoms with Gasteiger partial charge in [-0.25, -0.2) is 0 Å². The van der Waals surface area contributed by atoms with E-state index < -0.39 is 0 Å². The molecule has 0 amide bonds. The Morgan fingerprint density at radius 3 is 2.65 bits per heavy atom. The van der Waals surface area contributed by atoms with Gasteiger partial charge in [-0.05, 0) is 50.7 Å². The molecule has 1 aliphatic heterocycles. The first kappa shape index (κ1) is 12.4. The fourth-order valence-corrected chi connectivity index (χ4v) is 4.06. The highest BCUT2D eigenvalue weighted by Gasteiger charge is 2.43. The number of aromatic amines is 1. The number of benzene rings is 1. The van der Waals surface area contributed by atoms with E-state index in [4.69, 9.17) is 5.73 Å². The maximum atomic E-state index is 6.32. The van der Waals surface area contributed by atoms with Crippen molar-refractivity contribution < 1.29 is 0 Å². The van der Waals surface area contributed by atoms with Crippen LogP contribution in [0.4, 0.5) is 0 Å². The Kier molecular flexibility index (Phi) is 2.54. The molecule has 3 heteroatoms. The lowest BCUT2D eigenvalue weighted by atomic mass is 9.70. The molecule has 3 nitrogen and oxygen atoms in total. The van der Waals surface area contributed by atoms with E-state index >= 15 is 0 Å². The molecule has 1 aliphatic carbocycles. The molecular formula is C17H23N3. The SMILES string of the molecule is CC1(N)CCC2(CC1)NCCc1c2[nH]c2ccccc12. The van der Waals surface area contributed by atoms with Gasteiger partial charge in [0, 0.05) is 28.7 Å². The molecule has 106 valence electrons. The molecule has 2 aliphatic rings. The number of H-pyrrole nitrogens is 1. The first-order valence-electron chi connectivity index (χ1n) is 7.74. The van der Waals surface area contributed by atoms with Gasteiger partial charge in [0.05, 0.1) is 5.54 Å². The van der Waals surface area contributed by atoms with Crippen LogP contribution < -0.4 is 11.1 Å². The predicted molar refractivity (Wildman–Crippen MR) is 82.7 cm³/mol. The van der Waals surface area contributed by atoms with Gasteiger partial charge in [-0.15, -0.1) is 0 Å². The molecule has 0 unspecified atom stereocenters. The van der Waals surface area contributed by atoms with Gasteiger partial charge in [0.1, 0.15) is 0 Å². The zero-order valence-corrected chi connectivity index (χ0v) is 12.1. The first-order chi connectivity index (χ1) is 9.60. The molecule has 4 rings (SSSR count). The van der Waals surface area contributed by atoms with E-state index in [2.05, 4.69) is 41.5 Å². The lowest BCUT2D eigenvalue weighted by Crippen LogP contribution is -2.54. The lowest BCUT2D eigenvalue weighted by molar-refractivity contribution is 0.164. The summed E-state index contributed by atoms with van der Waals surface area (Å²) in [5, 5.41) is 5.21. The van der Waals surface area contributed by atoms with Crippen LogP contribution in [0, 0.1) is 0 Å². The summed E-state index contributed by atoms with van der Waals surface area (Å²) in [4.78, 5) is 3.70. The van der Waals surface area contributed by atoms with Crippen molar-refractivity contribution in [3.63, 3.8) is 0 Å². The Labute approximate surface area is 119 Å². The summed E-state index contributed by atoms with van der Waals surface area (Å²) in [5.41, 5.74) is 10.7. The molecule has 1 aromatic heterocycles. The average molecular weight is 269 g/mol. The van der Waals surface area contributed by atoms with E-state index in [1.807, 2.05) is 0 Å². The summed E-state index contributed by atoms with van der Waals surface area (Å²) in [6.45, 7) is 3.27. The van der Waals surface area contributed by atoms with Gasteiger partial charge in [-0.1, -0.05) is 18.2 Å². The molecule has 20 heavy (non-hydrogen) atoms. The number of fused-ring (bicyclic) bond motifs is 4. The fraction of sp³-hybridized carbons (Fsp3) is 0.529. The Morgan fingerprint density at radius 1 is 1.10 bits per heavy atom. The first-order valence-corrected chi connectivity index (χ1v) is 7.74. The topological polar surface area (TPSA) is 53.8 Å². The zero-order chi connectivity index (χ0) is 13.8. The molecule has 2 aromatic rings. The van der Waals surface area contributed by atoms with Crippen molar-refractivity contribution in [2.75, 3.05) is 6.54 Å². The quantitative estimate of drug-likeness (QED) is 0.689. The molecule has 2 heterocycles. The molecule has 1 fully saturated rings. The Balaban J connectivity index is 1.82. The third kappa shape index (κ3) is 1.73. The van der Waals surface area contributed by atoms with Gasteiger partial charge in [-0.2, -0.15) is 0 Å². The number of nitrogens with one attached hydrogen (secondary N) is 2. The minimum atomic E-state index is 0.0105. The Morgan fingerprint density at radius 2 is 1.85 bits per heavy atom.